The van der Waals surface area contributed by atoms with Crippen molar-refractivity contribution in [1.29, 1.82) is 0 Å². The third-order valence-corrected chi connectivity index (χ3v) is 3.54. The number of carbonyl (C=O) groups is 1. The number of para-hydroxylation sites is 1. The van der Waals surface area contributed by atoms with Crippen LogP contribution in [-0.4, -0.2) is 34.9 Å². The molecule has 6 heteroatoms. The summed E-state index contributed by atoms with van der Waals surface area (Å²) in [7, 11) is 0. The van der Waals surface area contributed by atoms with Gasteiger partial charge in [-0.1, -0.05) is 18.2 Å². The van der Waals surface area contributed by atoms with Crippen LogP contribution in [0.25, 0.3) is 0 Å². The summed E-state index contributed by atoms with van der Waals surface area (Å²) in [4.78, 5) is 11.8. The number of hydrogen-bond donors (Lipinski definition) is 1. The van der Waals surface area contributed by atoms with Gasteiger partial charge in [-0.3, -0.25) is 9.48 Å². The van der Waals surface area contributed by atoms with Crippen molar-refractivity contribution in [3.63, 3.8) is 0 Å². The molecule has 1 aliphatic rings. The van der Waals surface area contributed by atoms with E-state index in [0.29, 0.717) is 12.3 Å². The van der Waals surface area contributed by atoms with E-state index in [0.717, 1.165) is 18.7 Å². The van der Waals surface area contributed by atoms with Gasteiger partial charge in [-0.25, -0.2) is 0 Å². The highest BCUT2D eigenvalue weighted by atomic mass is 16.5. The lowest BCUT2D eigenvalue weighted by Crippen LogP contribution is -2.37. The molecule has 2 heterocycles. The molecule has 1 N–H and O–H groups in total. The fraction of sp³-hybridized carbons (Fsp3) is 0.375. The fourth-order valence-corrected chi connectivity index (χ4v) is 2.39. The Kier molecular flexibility index (Phi) is 4.27. The molecule has 1 aromatic carbocycles. The van der Waals surface area contributed by atoms with Crippen LogP contribution >= 0.6 is 0 Å². The zero-order valence-corrected chi connectivity index (χ0v) is 12.5. The lowest BCUT2D eigenvalue weighted by molar-refractivity contribution is -0.123. The van der Waals surface area contributed by atoms with Gasteiger partial charge in [-0.2, -0.15) is 5.10 Å². The predicted molar refractivity (Wildman–Crippen MR) is 81.0 cm³/mol. The van der Waals surface area contributed by atoms with E-state index in [1.54, 1.807) is 17.1 Å². The minimum atomic E-state index is -0.163. The number of nitrogens with zero attached hydrogens (tertiary/aromatic N) is 2. The van der Waals surface area contributed by atoms with Gasteiger partial charge >= 0.3 is 0 Å². The van der Waals surface area contributed by atoms with Gasteiger partial charge in [0.05, 0.1) is 18.9 Å². The number of fused-ring (bicyclic) bond motifs is 1. The molecule has 0 spiro atoms. The molecular formula is C16H19N3O3. The largest absolute Gasteiger partial charge is 0.488 e. The van der Waals surface area contributed by atoms with Crippen molar-refractivity contribution < 1.29 is 14.3 Å². The van der Waals surface area contributed by atoms with Crippen LogP contribution < -0.4 is 14.8 Å². The van der Waals surface area contributed by atoms with Gasteiger partial charge in [0.15, 0.2) is 12.4 Å². The van der Waals surface area contributed by atoms with Crippen molar-refractivity contribution in [2.45, 2.75) is 26.0 Å². The van der Waals surface area contributed by atoms with E-state index in [4.69, 9.17) is 9.47 Å². The lowest BCUT2D eigenvalue weighted by Gasteiger charge is -2.12. The summed E-state index contributed by atoms with van der Waals surface area (Å²) in [5.41, 5.74) is 1.19. The summed E-state index contributed by atoms with van der Waals surface area (Å²) < 4.78 is 12.9. The van der Waals surface area contributed by atoms with Gasteiger partial charge in [0, 0.05) is 13.0 Å². The topological polar surface area (TPSA) is 65.4 Å². The Labute approximate surface area is 129 Å². The molecule has 116 valence electrons. The number of hydrogen-bond acceptors (Lipinski definition) is 4. The first-order valence-electron chi connectivity index (χ1n) is 7.41. The van der Waals surface area contributed by atoms with Crippen molar-refractivity contribution in [3.8, 4) is 11.5 Å². The van der Waals surface area contributed by atoms with E-state index in [9.17, 15) is 4.79 Å². The van der Waals surface area contributed by atoms with Crippen LogP contribution in [0.1, 0.15) is 12.5 Å². The van der Waals surface area contributed by atoms with Gasteiger partial charge in [0.2, 0.25) is 0 Å². The summed E-state index contributed by atoms with van der Waals surface area (Å²) in [6.45, 7) is 3.22. The van der Waals surface area contributed by atoms with Gasteiger partial charge in [-0.05, 0) is 18.6 Å². The van der Waals surface area contributed by atoms with Crippen LogP contribution in [0.3, 0.4) is 0 Å². The Morgan fingerprint density at radius 1 is 1.50 bits per heavy atom. The maximum atomic E-state index is 11.8. The van der Waals surface area contributed by atoms with E-state index in [1.165, 1.54) is 5.56 Å². The van der Waals surface area contributed by atoms with Gasteiger partial charge in [0.1, 0.15) is 11.9 Å². The molecule has 1 aromatic heterocycles. The highest BCUT2D eigenvalue weighted by molar-refractivity contribution is 5.77. The Morgan fingerprint density at radius 3 is 3.14 bits per heavy atom. The minimum Gasteiger partial charge on any atom is -0.488 e. The number of nitrogens with one attached hydrogen (secondary N) is 1. The molecule has 3 rings (SSSR count). The van der Waals surface area contributed by atoms with E-state index in [1.807, 2.05) is 31.2 Å². The monoisotopic (exact) mass is 301 g/mol. The second-order valence-corrected chi connectivity index (χ2v) is 5.18. The quantitative estimate of drug-likeness (QED) is 0.876. The number of carbonyl (C=O) groups excluding carboxylic acids is 1. The van der Waals surface area contributed by atoms with Crippen LogP contribution in [0, 0.1) is 0 Å². The molecule has 2 aromatic rings. The number of amides is 1. The first-order valence-corrected chi connectivity index (χ1v) is 7.41. The van der Waals surface area contributed by atoms with Crippen molar-refractivity contribution in [1.82, 2.24) is 15.1 Å². The first-order chi connectivity index (χ1) is 10.7. The van der Waals surface area contributed by atoms with Crippen molar-refractivity contribution in [2.75, 3.05) is 13.2 Å². The number of aromatic nitrogens is 2. The maximum Gasteiger partial charge on any atom is 0.258 e. The van der Waals surface area contributed by atoms with Gasteiger partial charge < -0.3 is 14.8 Å². The standard InChI is InChI=1S/C16H19N3O3/c1-2-19-10-14(9-18-19)21-11-16(20)17-8-13-7-12-5-3-4-6-15(12)22-13/h3-6,9-10,13H,2,7-8,11H2,1H3,(H,17,20)/t13-/m1/s1. The summed E-state index contributed by atoms with van der Waals surface area (Å²) in [5, 5.41) is 6.92. The molecule has 6 nitrogen and oxygen atoms in total. The zero-order chi connectivity index (χ0) is 15.4. The molecule has 0 radical (unpaired) electrons. The van der Waals surface area contributed by atoms with E-state index in [-0.39, 0.29) is 18.6 Å². The second kappa shape index (κ2) is 6.51. The molecule has 0 saturated carbocycles. The van der Waals surface area contributed by atoms with E-state index in [2.05, 4.69) is 10.4 Å². The summed E-state index contributed by atoms with van der Waals surface area (Å²) in [5.74, 6) is 1.34. The van der Waals surface area contributed by atoms with Crippen LogP contribution in [0.2, 0.25) is 0 Å². The smallest absolute Gasteiger partial charge is 0.258 e. The first kappa shape index (κ1) is 14.4. The Hall–Kier alpha value is -2.50. The third-order valence-electron chi connectivity index (χ3n) is 3.54. The Morgan fingerprint density at radius 2 is 2.36 bits per heavy atom. The molecule has 0 bridgehead atoms. The maximum absolute atomic E-state index is 11.8. The van der Waals surface area contributed by atoms with Crippen LogP contribution in [0.5, 0.6) is 11.5 Å². The molecule has 1 aliphatic heterocycles. The van der Waals surface area contributed by atoms with Gasteiger partial charge in [-0.15, -0.1) is 0 Å². The highest BCUT2D eigenvalue weighted by Crippen LogP contribution is 2.27. The summed E-state index contributed by atoms with van der Waals surface area (Å²) in [6.07, 6.45) is 4.18. The zero-order valence-electron chi connectivity index (χ0n) is 12.5. The third kappa shape index (κ3) is 3.39. The van der Waals surface area contributed by atoms with E-state index >= 15 is 0 Å². The molecule has 1 amide bonds. The highest BCUT2D eigenvalue weighted by Gasteiger charge is 2.22. The fourth-order valence-electron chi connectivity index (χ4n) is 2.39. The number of benzene rings is 1. The molecule has 0 unspecified atom stereocenters. The molecule has 0 fully saturated rings. The average Bonchev–Trinajstić information content (AvgIpc) is 3.16. The molecule has 22 heavy (non-hydrogen) atoms. The summed E-state index contributed by atoms with van der Waals surface area (Å²) >= 11 is 0. The molecule has 1 atom stereocenters. The molecule has 0 saturated heterocycles. The van der Waals surface area contributed by atoms with Crippen LogP contribution in [0.4, 0.5) is 0 Å². The molecular weight excluding hydrogens is 282 g/mol. The summed E-state index contributed by atoms with van der Waals surface area (Å²) in [6, 6.07) is 7.94. The Bertz CT molecular complexity index is 629. The lowest BCUT2D eigenvalue weighted by atomic mass is 10.1. The van der Waals surface area contributed by atoms with Crippen LogP contribution in [-0.2, 0) is 17.8 Å². The van der Waals surface area contributed by atoms with Crippen molar-refractivity contribution in [2.24, 2.45) is 0 Å². The average molecular weight is 301 g/mol. The van der Waals surface area contributed by atoms with E-state index < -0.39 is 0 Å². The minimum absolute atomic E-state index is 0.0100. The molecule has 0 aliphatic carbocycles. The second-order valence-electron chi connectivity index (χ2n) is 5.18. The number of ether oxygens (including phenoxy) is 2. The normalized spacial score (nSPS) is 16.0. The number of rotatable bonds is 6. The van der Waals surface area contributed by atoms with Crippen LogP contribution in [0.15, 0.2) is 36.7 Å². The SMILES string of the molecule is CCn1cc(OCC(=O)NC[C@H]2Cc3ccccc3O2)cn1. The van der Waals surface area contributed by atoms with Crippen molar-refractivity contribution in [3.05, 3.63) is 42.2 Å². The number of aryl methyl sites for hydroxylation is 1. The Balaban J connectivity index is 1.40. The predicted octanol–water partition coefficient (Wildman–Crippen LogP) is 1.40. The van der Waals surface area contributed by atoms with Gasteiger partial charge in [0.25, 0.3) is 5.91 Å². The van der Waals surface area contributed by atoms with Crippen molar-refractivity contribution >= 4 is 5.91 Å².